The number of thioether (sulfide) groups is 1. The number of carboxylic acids is 1. The van der Waals surface area contributed by atoms with Crippen LogP contribution in [-0.2, 0) is 9.59 Å². The highest BCUT2D eigenvalue weighted by Gasteiger charge is 2.57. The van der Waals surface area contributed by atoms with E-state index in [2.05, 4.69) is 6.92 Å². The molecule has 1 saturated heterocycles. The Hall–Kier alpha value is -1.69. The van der Waals surface area contributed by atoms with Gasteiger partial charge in [-0.15, -0.1) is 0 Å². The average molecular weight is 335 g/mol. The number of hydrogen-bond donors (Lipinski definition) is 1. The lowest BCUT2D eigenvalue weighted by Crippen LogP contribution is -2.46. The molecule has 23 heavy (non-hydrogen) atoms. The zero-order valence-electron chi connectivity index (χ0n) is 13.2. The molecular formula is C17H21NO4S. The van der Waals surface area contributed by atoms with Crippen molar-refractivity contribution in [1.82, 2.24) is 4.90 Å². The van der Waals surface area contributed by atoms with E-state index in [4.69, 9.17) is 4.74 Å². The fraction of sp³-hybridized carbons (Fsp3) is 0.529. The SMILES string of the molecule is CCSCCC(=O)N1C[C@@H]2c3ccccc3OC[C@]2(C(=O)O)C1. The van der Waals surface area contributed by atoms with Crippen LogP contribution in [0.2, 0.25) is 0 Å². The maximum Gasteiger partial charge on any atom is 0.315 e. The first kappa shape index (κ1) is 16.2. The van der Waals surface area contributed by atoms with Crippen LogP contribution in [0.1, 0.15) is 24.8 Å². The number of carboxylic acid groups (broad SMARTS) is 1. The molecule has 1 aromatic carbocycles. The molecule has 1 fully saturated rings. The number of carbonyl (C=O) groups excluding carboxylic acids is 1. The normalized spacial score (nSPS) is 25.4. The first-order chi connectivity index (χ1) is 11.1. The van der Waals surface area contributed by atoms with Crippen molar-refractivity contribution >= 4 is 23.6 Å². The second-order valence-corrected chi connectivity index (χ2v) is 7.46. The van der Waals surface area contributed by atoms with Crippen LogP contribution in [0, 0.1) is 5.41 Å². The van der Waals surface area contributed by atoms with Crippen LogP contribution in [0.4, 0.5) is 0 Å². The van der Waals surface area contributed by atoms with Gasteiger partial charge in [-0.1, -0.05) is 25.1 Å². The van der Waals surface area contributed by atoms with Crippen molar-refractivity contribution in [2.24, 2.45) is 5.41 Å². The van der Waals surface area contributed by atoms with E-state index in [1.54, 1.807) is 16.7 Å². The number of ether oxygens (including phenoxy) is 1. The van der Waals surface area contributed by atoms with Crippen LogP contribution in [0.5, 0.6) is 5.75 Å². The van der Waals surface area contributed by atoms with Gasteiger partial charge >= 0.3 is 5.97 Å². The number of likely N-dealkylation sites (tertiary alicyclic amines) is 1. The summed E-state index contributed by atoms with van der Waals surface area (Å²) >= 11 is 1.73. The molecular weight excluding hydrogens is 314 g/mol. The molecule has 0 aliphatic carbocycles. The molecule has 1 aromatic rings. The lowest BCUT2D eigenvalue weighted by Gasteiger charge is -2.35. The molecule has 0 saturated carbocycles. The lowest BCUT2D eigenvalue weighted by molar-refractivity contribution is -0.152. The Balaban J connectivity index is 1.84. The van der Waals surface area contributed by atoms with Crippen LogP contribution < -0.4 is 4.74 Å². The number of fused-ring (bicyclic) bond motifs is 3. The predicted octanol–water partition coefficient (Wildman–Crippen LogP) is 2.22. The Morgan fingerprint density at radius 1 is 1.43 bits per heavy atom. The first-order valence-electron chi connectivity index (χ1n) is 7.89. The second-order valence-electron chi connectivity index (χ2n) is 6.06. The van der Waals surface area contributed by atoms with Gasteiger partial charge < -0.3 is 14.7 Å². The van der Waals surface area contributed by atoms with Crippen LogP contribution in [0.3, 0.4) is 0 Å². The number of aliphatic carboxylic acids is 1. The van der Waals surface area contributed by atoms with Gasteiger partial charge in [0.15, 0.2) is 0 Å². The number of nitrogens with zero attached hydrogens (tertiary/aromatic N) is 1. The van der Waals surface area contributed by atoms with Gasteiger partial charge in [0.05, 0.1) is 0 Å². The Morgan fingerprint density at radius 2 is 2.22 bits per heavy atom. The molecule has 3 rings (SSSR count). The molecule has 2 heterocycles. The molecule has 1 amide bonds. The maximum absolute atomic E-state index is 12.4. The minimum absolute atomic E-state index is 0.0402. The summed E-state index contributed by atoms with van der Waals surface area (Å²) in [5.41, 5.74) is -0.124. The average Bonchev–Trinajstić information content (AvgIpc) is 2.97. The van der Waals surface area contributed by atoms with Crippen molar-refractivity contribution in [3.8, 4) is 5.75 Å². The number of benzene rings is 1. The van der Waals surface area contributed by atoms with Crippen molar-refractivity contribution < 1.29 is 19.4 Å². The summed E-state index contributed by atoms with van der Waals surface area (Å²) in [5, 5.41) is 9.82. The minimum Gasteiger partial charge on any atom is -0.492 e. The van der Waals surface area contributed by atoms with E-state index < -0.39 is 11.4 Å². The van der Waals surface area contributed by atoms with Crippen LogP contribution in [-0.4, -0.2) is 53.1 Å². The van der Waals surface area contributed by atoms with Crippen molar-refractivity contribution in [3.05, 3.63) is 29.8 Å². The largest absolute Gasteiger partial charge is 0.492 e. The maximum atomic E-state index is 12.4. The Kier molecular flexibility index (Phi) is 4.53. The van der Waals surface area contributed by atoms with Gasteiger partial charge in [0, 0.05) is 36.7 Å². The molecule has 2 aliphatic heterocycles. The zero-order chi connectivity index (χ0) is 16.4. The van der Waals surface area contributed by atoms with E-state index in [1.165, 1.54) is 0 Å². The van der Waals surface area contributed by atoms with E-state index in [9.17, 15) is 14.7 Å². The summed E-state index contributed by atoms with van der Waals surface area (Å²) < 4.78 is 5.71. The summed E-state index contributed by atoms with van der Waals surface area (Å²) in [6.07, 6.45) is 0.462. The highest BCUT2D eigenvalue weighted by Crippen LogP contribution is 2.49. The molecule has 0 bridgehead atoms. The summed E-state index contributed by atoms with van der Waals surface area (Å²) in [5.74, 6) is 1.46. The third-order valence-electron chi connectivity index (χ3n) is 4.77. The van der Waals surface area contributed by atoms with E-state index in [-0.39, 0.29) is 25.0 Å². The van der Waals surface area contributed by atoms with Crippen molar-refractivity contribution in [3.63, 3.8) is 0 Å². The standard InChI is InChI=1S/C17H21NO4S/c1-2-23-8-7-15(19)18-9-13-12-5-3-4-6-14(12)22-11-17(13,10-18)16(20)21/h3-6,13H,2,7-11H2,1H3,(H,20,21)/t13-,17-/m1/s1. The quantitative estimate of drug-likeness (QED) is 0.836. The van der Waals surface area contributed by atoms with Gasteiger partial charge in [0.2, 0.25) is 5.91 Å². The molecule has 0 radical (unpaired) electrons. The lowest BCUT2D eigenvalue weighted by atomic mass is 9.73. The summed E-state index contributed by atoms with van der Waals surface area (Å²) in [7, 11) is 0. The number of amides is 1. The second kappa shape index (κ2) is 6.43. The van der Waals surface area contributed by atoms with Gasteiger partial charge in [0.25, 0.3) is 0 Å². The highest BCUT2D eigenvalue weighted by atomic mass is 32.2. The number of hydrogen-bond acceptors (Lipinski definition) is 4. The van der Waals surface area contributed by atoms with Gasteiger partial charge in [-0.3, -0.25) is 9.59 Å². The molecule has 2 aliphatic rings. The van der Waals surface area contributed by atoms with Gasteiger partial charge in [-0.05, 0) is 11.8 Å². The molecule has 1 N–H and O–H groups in total. The smallest absolute Gasteiger partial charge is 0.315 e. The van der Waals surface area contributed by atoms with E-state index in [0.717, 1.165) is 22.8 Å². The van der Waals surface area contributed by atoms with E-state index in [1.807, 2.05) is 24.3 Å². The third kappa shape index (κ3) is 2.80. The fourth-order valence-electron chi connectivity index (χ4n) is 3.49. The van der Waals surface area contributed by atoms with Crippen molar-refractivity contribution in [1.29, 1.82) is 0 Å². The van der Waals surface area contributed by atoms with Crippen LogP contribution in [0.25, 0.3) is 0 Å². The predicted molar refractivity (Wildman–Crippen MR) is 88.9 cm³/mol. The summed E-state index contributed by atoms with van der Waals surface area (Å²) in [6, 6.07) is 7.55. The Bertz CT molecular complexity index is 620. The van der Waals surface area contributed by atoms with Gasteiger partial charge in [-0.25, -0.2) is 0 Å². The van der Waals surface area contributed by atoms with Crippen LogP contribution in [0.15, 0.2) is 24.3 Å². The topological polar surface area (TPSA) is 66.8 Å². The molecule has 0 aromatic heterocycles. The Labute approximate surface area is 140 Å². The van der Waals surface area contributed by atoms with E-state index >= 15 is 0 Å². The fourth-order valence-corrected chi connectivity index (χ4v) is 4.10. The third-order valence-corrected chi connectivity index (χ3v) is 5.67. The molecule has 0 spiro atoms. The van der Waals surface area contributed by atoms with Crippen LogP contribution >= 0.6 is 11.8 Å². The molecule has 6 heteroatoms. The first-order valence-corrected chi connectivity index (χ1v) is 9.04. The van der Waals surface area contributed by atoms with Gasteiger partial charge in [0.1, 0.15) is 17.8 Å². The number of rotatable bonds is 5. The van der Waals surface area contributed by atoms with Gasteiger partial charge in [-0.2, -0.15) is 11.8 Å². The molecule has 2 atom stereocenters. The molecule has 0 unspecified atom stereocenters. The van der Waals surface area contributed by atoms with E-state index in [0.29, 0.717) is 13.0 Å². The highest BCUT2D eigenvalue weighted by molar-refractivity contribution is 7.99. The minimum atomic E-state index is -1.03. The van der Waals surface area contributed by atoms with Crippen molar-refractivity contribution in [2.45, 2.75) is 19.3 Å². The monoisotopic (exact) mass is 335 g/mol. The zero-order valence-corrected chi connectivity index (χ0v) is 14.0. The molecule has 124 valence electrons. The van der Waals surface area contributed by atoms with Crippen molar-refractivity contribution in [2.75, 3.05) is 31.2 Å². The summed E-state index contributed by atoms with van der Waals surface area (Å²) in [6.45, 7) is 2.88. The summed E-state index contributed by atoms with van der Waals surface area (Å²) in [4.78, 5) is 26.1. The molecule has 5 nitrogen and oxygen atoms in total. The number of para-hydroxylation sites is 1. The Morgan fingerprint density at radius 3 is 2.96 bits per heavy atom. The number of carbonyl (C=O) groups is 2.